The Labute approximate surface area is 192 Å². The first-order valence-corrected chi connectivity index (χ1v) is 12.8. The smallest absolute Gasteiger partial charge is 0.410 e. The Bertz CT molecular complexity index is 1120. The second-order valence-corrected chi connectivity index (χ2v) is 11.0. The summed E-state index contributed by atoms with van der Waals surface area (Å²) in [4.78, 5) is 32.7. The predicted molar refractivity (Wildman–Crippen MR) is 122 cm³/mol. The maximum Gasteiger partial charge on any atom is 0.410 e. The number of carbonyl (C=O) groups excluding carboxylic acids is 2. The number of hydrogen-bond donors (Lipinski definition) is 1. The first kappa shape index (κ1) is 24.3. The molecule has 3 rings (SSSR count). The SMILES string of the molecule is CCn1c(SCC(=O)N2CCN(C(=O)OC(C)(C)C)CC2)nc2cc(S(N)(=O)=O)ccc21. The van der Waals surface area contributed by atoms with Gasteiger partial charge in [-0.1, -0.05) is 11.8 Å². The van der Waals surface area contributed by atoms with Crippen molar-refractivity contribution >= 4 is 44.8 Å². The summed E-state index contributed by atoms with van der Waals surface area (Å²) in [6, 6.07) is 4.57. The molecule has 12 heteroatoms. The quantitative estimate of drug-likeness (QED) is 0.643. The van der Waals surface area contributed by atoms with Gasteiger partial charge < -0.3 is 19.1 Å². The van der Waals surface area contributed by atoms with Gasteiger partial charge in [0.15, 0.2) is 5.16 Å². The fraction of sp³-hybridized carbons (Fsp3) is 0.550. The lowest BCUT2D eigenvalue weighted by Gasteiger charge is -2.35. The van der Waals surface area contributed by atoms with Crippen LogP contribution in [0.15, 0.2) is 28.3 Å². The average Bonchev–Trinajstić information content (AvgIpc) is 3.06. The van der Waals surface area contributed by atoms with Gasteiger partial charge in [-0.2, -0.15) is 0 Å². The number of fused-ring (bicyclic) bond motifs is 1. The van der Waals surface area contributed by atoms with E-state index < -0.39 is 15.6 Å². The number of nitrogens with zero attached hydrogens (tertiary/aromatic N) is 4. The molecule has 0 radical (unpaired) electrons. The van der Waals surface area contributed by atoms with Gasteiger partial charge in [0.25, 0.3) is 0 Å². The zero-order valence-electron chi connectivity index (χ0n) is 18.7. The van der Waals surface area contributed by atoms with Gasteiger partial charge in [-0.05, 0) is 45.9 Å². The van der Waals surface area contributed by atoms with Gasteiger partial charge in [-0.3, -0.25) is 4.79 Å². The number of rotatable bonds is 5. The van der Waals surface area contributed by atoms with Crippen LogP contribution in [-0.2, 0) is 26.1 Å². The maximum atomic E-state index is 12.7. The Balaban J connectivity index is 1.62. The van der Waals surface area contributed by atoms with Crippen LogP contribution in [-0.4, -0.2) is 77.3 Å². The van der Waals surface area contributed by atoms with E-state index in [1.54, 1.807) is 15.9 Å². The van der Waals surface area contributed by atoms with E-state index in [-0.39, 0.29) is 22.6 Å². The molecule has 1 aliphatic rings. The normalized spacial score (nSPS) is 15.3. The maximum absolute atomic E-state index is 12.7. The number of imidazole rings is 1. The molecule has 0 atom stereocenters. The third-order valence-electron chi connectivity index (χ3n) is 4.94. The number of thioether (sulfide) groups is 1. The summed E-state index contributed by atoms with van der Waals surface area (Å²) < 4.78 is 30.5. The molecule has 0 bridgehead atoms. The molecule has 2 amide bonds. The van der Waals surface area contributed by atoms with E-state index in [4.69, 9.17) is 9.88 Å². The predicted octanol–water partition coefficient (Wildman–Crippen LogP) is 1.88. The van der Waals surface area contributed by atoms with Crippen molar-refractivity contribution in [2.24, 2.45) is 5.14 Å². The van der Waals surface area contributed by atoms with E-state index in [1.165, 1.54) is 23.9 Å². The minimum atomic E-state index is -3.82. The van der Waals surface area contributed by atoms with Crippen molar-refractivity contribution in [3.8, 4) is 0 Å². The molecule has 176 valence electrons. The van der Waals surface area contributed by atoms with E-state index in [0.717, 1.165) is 5.52 Å². The van der Waals surface area contributed by atoms with Crippen LogP contribution in [0.2, 0.25) is 0 Å². The number of carbonyl (C=O) groups is 2. The topological polar surface area (TPSA) is 128 Å². The monoisotopic (exact) mass is 483 g/mol. The summed E-state index contributed by atoms with van der Waals surface area (Å²) in [6.45, 7) is 9.78. The summed E-state index contributed by atoms with van der Waals surface area (Å²) in [5.74, 6) is 0.149. The van der Waals surface area contributed by atoms with E-state index in [2.05, 4.69) is 4.98 Å². The number of aromatic nitrogens is 2. The number of sulfonamides is 1. The summed E-state index contributed by atoms with van der Waals surface area (Å²) in [5, 5.41) is 5.85. The molecule has 2 N–H and O–H groups in total. The number of hydrogen-bond acceptors (Lipinski definition) is 7. The van der Waals surface area contributed by atoms with Gasteiger partial charge in [0, 0.05) is 32.7 Å². The Kier molecular flexibility index (Phi) is 7.06. The lowest BCUT2D eigenvalue weighted by Crippen LogP contribution is -2.52. The Hall–Kier alpha value is -2.31. The Morgan fingerprint density at radius 2 is 1.78 bits per heavy atom. The van der Waals surface area contributed by atoms with Crippen LogP contribution in [0.3, 0.4) is 0 Å². The zero-order chi connectivity index (χ0) is 23.7. The molecule has 1 aromatic heterocycles. The molecule has 0 spiro atoms. The van der Waals surface area contributed by atoms with Gasteiger partial charge in [0.1, 0.15) is 5.60 Å². The highest BCUT2D eigenvalue weighted by atomic mass is 32.2. The van der Waals surface area contributed by atoms with Crippen molar-refractivity contribution in [3.05, 3.63) is 18.2 Å². The molecule has 1 aliphatic heterocycles. The first-order chi connectivity index (χ1) is 14.9. The summed E-state index contributed by atoms with van der Waals surface area (Å²) in [5.41, 5.74) is 0.737. The Morgan fingerprint density at radius 1 is 1.16 bits per heavy atom. The highest BCUT2D eigenvalue weighted by Gasteiger charge is 2.28. The third kappa shape index (κ3) is 5.73. The molecule has 32 heavy (non-hydrogen) atoms. The van der Waals surface area contributed by atoms with E-state index in [9.17, 15) is 18.0 Å². The van der Waals surface area contributed by atoms with Crippen molar-refractivity contribution < 1.29 is 22.7 Å². The second-order valence-electron chi connectivity index (χ2n) is 8.47. The summed E-state index contributed by atoms with van der Waals surface area (Å²) in [7, 11) is -3.82. The molecule has 2 aromatic rings. The minimum absolute atomic E-state index is 0.00115. The third-order valence-corrected chi connectivity index (χ3v) is 6.81. The highest BCUT2D eigenvalue weighted by molar-refractivity contribution is 7.99. The van der Waals surface area contributed by atoms with Gasteiger partial charge >= 0.3 is 6.09 Å². The summed E-state index contributed by atoms with van der Waals surface area (Å²) >= 11 is 1.30. The van der Waals surface area contributed by atoms with Crippen LogP contribution >= 0.6 is 11.8 Å². The van der Waals surface area contributed by atoms with Gasteiger partial charge in [-0.25, -0.2) is 23.3 Å². The van der Waals surface area contributed by atoms with Crippen LogP contribution in [0.25, 0.3) is 11.0 Å². The van der Waals surface area contributed by atoms with Gasteiger partial charge in [-0.15, -0.1) is 0 Å². The number of aryl methyl sites for hydroxylation is 1. The standard InChI is InChI=1S/C20H29N5O5S2/c1-5-25-16-7-6-14(32(21,28)29)12-15(16)22-18(25)31-13-17(26)23-8-10-24(11-9-23)19(27)30-20(2,3)4/h6-7,12H,5,8-11,13H2,1-4H3,(H2,21,28,29). The molecular weight excluding hydrogens is 454 g/mol. The molecular formula is C20H29N5O5S2. The van der Waals surface area contributed by atoms with E-state index >= 15 is 0 Å². The molecule has 1 saturated heterocycles. The molecule has 0 unspecified atom stereocenters. The number of amides is 2. The highest BCUT2D eigenvalue weighted by Crippen LogP contribution is 2.26. The van der Waals surface area contributed by atoms with Crippen molar-refractivity contribution in [3.63, 3.8) is 0 Å². The molecule has 1 aromatic carbocycles. The number of primary sulfonamides is 1. The average molecular weight is 484 g/mol. The van der Waals surface area contributed by atoms with Crippen molar-refractivity contribution in [1.29, 1.82) is 0 Å². The summed E-state index contributed by atoms with van der Waals surface area (Å²) in [6.07, 6.45) is -0.366. The van der Waals surface area contributed by atoms with Crippen molar-refractivity contribution in [2.75, 3.05) is 31.9 Å². The van der Waals surface area contributed by atoms with Crippen LogP contribution in [0.4, 0.5) is 4.79 Å². The van der Waals surface area contributed by atoms with Crippen molar-refractivity contribution in [1.82, 2.24) is 19.4 Å². The van der Waals surface area contributed by atoms with E-state index in [1.807, 2.05) is 32.3 Å². The molecule has 10 nitrogen and oxygen atoms in total. The van der Waals surface area contributed by atoms with Gasteiger partial charge in [0.05, 0.1) is 21.7 Å². The Morgan fingerprint density at radius 3 is 2.34 bits per heavy atom. The molecule has 2 heterocycles. The number of piperazine rings is 1. The fourth-order valence-corrected chi connectivity index (χ4v) is 4.88. The number of benzene rings is 1. The minimum Gasteiger partial charge on any atom is -0.444 e. The zero-order valence-corrected chi connectivity index (χ0v) is 20.3. The lowest BCUT2D eigenvalue weighted by molar-refractivity contribution is -0.130. The first-order valence-electron chi connectivity index (χ1n) is 10.3. The number of ether oxygens (including phenoxy) is 1. The van der Waals surface area contributed by atoms with Crippen LogP contribution in [0, 0.1) is 0 Å². The van der Waals surface area contributed by atoms with Crippen LogP contribution in [0.1, 0.15) is 27.7 Å². The molecule has 0 saturated carbocycles. The second kappa shape index (κ2) is 9.28. The molecule has 1 fully saturated rings. The van der Waals surface area contributed by atoms with Crippen LogP contribution in [0.5, 0.6) is 0 Å². The lowest BCUT2D eigenvalue weighted by atomic mass is 10.2. The van der Waals surface area contributed by atoms with Crippen LogP contribution < -0.4 is 5.14 Å². The van der Waals surface area contributed by atoms with Gasteiger partial charge in [0.2, 0.25) is 15.9 Å². The largest absolute Gasteiger partial charge is 0.444 e. The van der Waals surface area contributed by atoms with Crippen molar-refractivity contribution in [2.45, 2.75) is 49.9 Å². The number of nitrogens with two attached hydrogens (primary N) is 1. The fourth-order valence-electron chi connectivity index (χ4n) is 3.36. The van der Waals surface area contributed by atoms with E-state index in [0.29, 0.717) is 43.4 Å². The molecule has 0 aliphatic carbocycles.